The SMILES string of the molecule is CC(F)(F)CNc1ccc(N)cn1. The van der Waals surface area contributed by atoms with Gasteiger partial charge in [0, 0.05) is 6.92 Å². The Morgan fingerprint density at radius 1 is 1.54 bits per heavy atom. The van der Waals surface area contributed by atoms with E-state index in [0.717, 1.165) is 6.92 Å². The highest BCUT2D eigenvalue weighted by atomic mass is 19.3. The van der Waals surface area contributed by atoms with Gasteiger partial charge < -0.3 is 11.1 Å². The third-order valence-corrected chi connectivity index (χ3v) is 1.37. The van der Waals surface area contributed by atoms with Crippen LogP contribution in [0.3, 0.4) is 0 Å². The van der Waals surface area contributed by atoms with Gasteiger partial charge in [0.1, 0.15) is 5.82 Å². The quantitative estimate of drug-likeness (QED) is 0.757. The van der Waals surface area contributed by atoms with Crippen LogP contribution in [0.4, 0.5) is 20.3 Å². The van der Waals surface area contributed by atoms with Gasteiger partial charge in [0.05, 0.1) is 18.4 Å². The van der Waals surface area contributed by atoms with Gasteiger partial charge >= 0.3 is 0 Å². The summed E-state index contributed by atoms with van der Waals surface area (Å²) in [6, 6.07) is 3.16. The van der Waals surface area contributed by atoms with Crippen LogP contribution in [0.5, 0.6) is 0 Å². The van der Waals surface area contributed by atoms with Crippen LogP contribution in [0.15, 0.2) is 18.3 Å². The maximum Gasteiger partial charge on any atom is 0.262 e. The molecule has 5 heteroatoms. The number of hydrogen-bond acceptors (Lipinski definition) is 3. The molecule has 3 N–H and O–H groups in total. The molecule has 0 radical (unpaired) electrons. The molecule has 13 heavy (non-hydrogen) atoms. The molecule has 0 saturated carbocycles. The first-order valence-electron chi connectivity index (χ1n) is 3.80. The van der Waals surface area contributed by atoms with Crippen LogP contribution < -0.4 is 11.1 Å². The Bertz CT molecular complexity index is 266. The van der Waals surface area contributed by atoms with Crippen molar-refractivity contribution in [2.45, 2.75) is 12.8 Å². The van der Waals surface area contributed by atoms with Gasteiger partial charge in [-0.25, -0.2) is 13.8 Å². The van der Waals surface area contributed by atoms with Crippen LogP contribution in [-0.2, 0) is 0 Å². The van der Waals surface area contributed by atoms with Gasteiger partial charge in [-0.05, 0) is 12.1 Å². The van der Waals surface area contributed by atoms with Crippen molar-refractivity contribution < 1.29 is 8.78 Å². The molecule has 1 rings (SSSR count). The Hall–Kier alpha value is -1.39. The average molecular weight is 187 g/mol. The molecule has 0 fully saturated rings. The number of halogens is 2. The summed E-state index contributed by atoms with van der Waals surface area (Å²) < 4.78 is 24.7. The van der Waals surface area contributed by atoms with Gasteiger partial charge in [-0.2, -0.15) is 0 Å². The van der Waals surface area contributed by atoms with E-state index in [1.54, 1.807) is 12.1 Å². The topological polar surface area (TPSA) is 50.9 Å². The van der Waals surface area contributed by atoms with Gasteiger partial charge in [0.25, 0.3) is 5.92 Å². The summed E-state index contributed by atoms with van der Waals surface area (Å²) in [5.41, 5.74) is 5.88. The van der Waals surface area contributed by atoms with E-state index in [-0.39, 0.29) is 0 Å². The molecule has 0 bridgehead atoms. The van der Waals surface area contributed by atoms with E-state index in [1.807, 2.05) is 0 Å². The minimum absolute atomic E-state index is 0.399. The third-order valence-electron chi connectivity index (χ3n) is 1.37. The Balaban J connectivity index is 2.51. The fourth-order valence-electron chi connectivity index (χ4n) is 0.756. The molecule has 0 amide bonds. The Morgan fingerprint density at radius 3 is 2.69 bits per heavy atom. The summed E-state index contributed by atoms with van der Waals surface area (Å²) in [4.78, 5) is 3.81. The summed E-state index contributed by atoms with van der Waals surface area (Å²) in [7, 11) is 0. The highest BCUT2D eigenvalue weighted by Gasteiger charge is 2.20. The van der Waals surface area contributed by atoms with Gasteiger partial charge in [-0.1, -0.05) is 0 Å². The van der Waals surface area contributed by atoms with Crippen molar-refractivity contribution in [1.82, 2.24) is 4.98 Å². The number of nitrogens with one attached hydrogen (secondary N) is 1. The zero-order valence-corrected chi connectivity index (χ0v) is 7.22. The second-order valence-corrected chi connectivity index (χ2v) is 2.90. The third kappa shape index (κ3) is 3.68. The van der Waals surface area contributed by atoms with Crippen molar-refractivity contribution in [3.8, 4) is 0 Å². The molecule has 0 aliphatic rings. The van der Waals surface area contributed by atoms with Gasteiger partial charge in [0.2, 0.25) is 0 Å². The number of rotatable bonds is 3. The second kappa shape index (κ2) is 3.55. The zero-order chi connectivity index (χ0) is 9.90. The van der Waals surface area contributed by atoms with E-state index in [0.29, 0.717) is 11.5 Å². The first kappa shape index (κ1) is 9.70. The molecule has 0 spiro atoms. The molecule has 0 saturated heterocycles. The minimum atomic E-state index is -2.73. The lowest BCUT2D eigenvalue weighted by Gasteiger charge is -2.11. The van der Waals surface area contributed by atoms with Crippen molar-refractivity contribution in [2.24, 2.45) is 0 Å². The average Bonchev–Trinajstić information content (AvgIpc) is 2.02. The first-order valence-corrected chi connectivity index (χ1v) is 3.80. The van der Waals surface area contributed by atoms with Crippen LogP contribution in [0.25, 0.3) is 0 Å². The summed E-state index contributed by atoms with van der Waals surface area (Å²) in [5, 5.41) is 2.50. The summed E-state index contributed by atoms with van der Waals surface area (Å²) in [6.45, 7) is 0.418. The lowest BCUT2D eigenvalue weighted by atomic mass is 10.3. The fraction of sp³-hybridized carbons (Fsp3) is 0.375. The molecule has 0 aliphatic heterocycles. The maximum absolute atomic E-state index is 12.4. The van der Waals surface area contributed by atoms with Crippen LogP contribution in [0.1, 0.15) is 6.92 Å². The van der Waals surface area contributed by atoms with Crippen LogP contribution >= 0.6 is 0 Å². The number of hydrogen-bond donors (Lipinski definition) is 2. The largest absolute Gasteiger partial charge is 0.397 e. The van der Waals surface area contributed by atoms with Crippen molar-refractivity contribution >= 4 is 11.5 Å². The Labute approximate surface area is 75.0 Å². The Kier molecular flexibility index (Phi) is 2.65. The molecule has 0 unspecified atom stereocenters. The first-order chi connectivity index (χ1) is 5.97. The normalized spacial score (nSPS) is 11.3. The monoisotopic (exact) mass is 187 g/mol. The van der Waals surface area contributed by atoms with Crippen LogP contribution in [0, 0.1) is 0 Å². The molecule has 1 heterocycles. The lowest BCUT2D eigenvalue weighted by molar-refractivity contribution is 0.0367. The van der Waals surface area contributed by atoms with E-state index < -0.39 is 12.5 Å². The van der Waals surface area contributed by atoms with E-state index in [9.17, 15) is 8.78 Å². The maximum atomic E-state index is 12.4. The molecule has 3 nitrogen and oxygen atoms in total. The summed E-state index contributed by atoms with van der Waals surface area (Å²) >= 11 is 0. The highest BCUT2D eigenvalue weighted by Crippen LogP contribution is 2.13. The second-order valence-electron chi connectivity index (χ2n) is 2.90. The molecule has 0 aliphatic carbocycles. The van der Waals surface area contributed by atoms with Gasteiger partial charge in [-0.15, -0.1) is 0 Å². The predicted molar refractivity (Wildman–Crippen MR) is 47.8 cm³/mol. The number of aromatic nitrogens is 1. The van der Waals surface area contributed by atoms with Crippen LogP contribution in [0.2, 0.25) is 0 Å². The molecule has 1 aromatic rings. The standard InChI is InChI=1S/C8H11F2N3/c1-8(9,10)5-13-7-3-2-6(11)4-12-7/h2-4H,5,11H2,1H3,(H,12,13). The number of nitrogens with two attached hydrogens (primary N) is 1. The number of nitrogen functional groups attached to an aromatic ring is 1. The molecular weight excluding hydrogens is 176 g/mol. The zero-order valence-electron chi connectivity index (χ0n) is 7.22. The molecule has 0 atom stereocenters. The van der Waals surface area contributed by atoms with Crippen molar-refractivity contribution in [3.63, 3.8) is 0 Å². The van der Waals surface area contributed by atoms with E-state index in [2.05, 4.69) is 10.3 Å². The van der Waals surface area contributed by atoms with Crippen LogP contribution in [-0.4, -0.2) is 17.5 Å². The van der Waals surface area contributed by atoms with E-state index in [4.69, 9.17) is 5.73 Å². The van der Waals surface area contributed by atoms with Gasteiger partial charge in [0.15, 0.2) is 0 Å². The fourth-order valence-corrected chi connectivity index (χ4v) is 0.756. The molecule has 1 aromatic heterocycles. The number of alkyl halides is 2. The smallest absolute Gasteiger partial charge is 0.262 e. The molecule has 72 valence electrons. The Morgan fingerprint density at radius 2 is 2.23 bits per heavy atom. The number of anilines is 2. The predicted octanol–water partition coefficient (Wildman–Crippen LogP) is 1.73. The lowest BCUT2D eigenvalue weighted by Crippen LogP contribution is -2.23. The van der Waals surface area contributed by atoms with Crippen molar-refractivity contribution in [2.75, 3.05) is 17.6 Å². The van der Waals surface area contributed by atoms with Crippen molar-refractivity contribution in [1.29, 1.82) is 0 Å². The minimum Gasteiger partial charge on any atom is -0.397 e. The highest BCUT2D eigenvalue weighted by molar-refractivity contribution is 5.43. The number of nitrogens with zero attached hydrogens (tertiary/aromatic N) is 1. The molecule has 0 aromatic carbocycles. The number of pyridine rings is 1. The van der Waals surface area contributed by atoms with E-state index in [1.165, 1.54) is 6.20 Å². The van der Waals surface area contributed by atoms with E-state index >= 15 is 0 Å². The molecular formula is C8H11F2N3. The summed E-state index contributed by atoms with van der Waals surface area (Å²) in [5.74, 6) is -2.33. The van der Waals surface area contributed by atoms with Gasteiger partial charge in [-0.3, -0.25) is 0 Å². The van der Waals surface area contributed by atoms with Crippen molar-refractivity contribution in [3.05, 3.63) is 18.3 Å². The summed E-state index contributed by atoms with van der Waals surface area (Å²) in [6.07, 6.45) is 1.41.